The van der Waals surface area contributed by atoms with Crippen molar-refractivity contribution in [1.29, 1.82) is 0 Å². The average molecular weight is 278 g/mol. The number of carboxylic acids is 1. The van der Waals surface area contributed by atoms with Crippen molar-refractivity contribution in [3.8, 4) is 17.1 Å². The minimum Gasteiger partial charge on any atom is -0.494 e. The third-order valence-electron chi connectivity index (χ3n) is 3.28. The number of halogens is 1. The van der Waals surface area contributed by atoms with Crippen molar-refractivity contribution < 1.29 is 23.6 Å². The van der Waals surface area contributed by atoms with E-state index in [0.717, 1.165) is 0 Å². The Hall–Kier alpha value is -2.44. The Balaban J connectivity index is 1.85. The largest absolute Gasteiger partial charge is 0.494 e. The number of rotatable bonds is 4. The van der Waals surface area contributed by atoms with Gasteiger partial charge < -0.3 is 14.4 Å². The zero-order valence-electron chi connectivity index (χ0n) is 10.5. The Bertz CT molecular complexity index is 670. The molecule has 0 bridgehead atoms. The minimum atomic E-state index is -0.863. The summed E-state index contributed by atoms with van der Waals surface area (Å²) in [6.07, 6.45) is 0.504. The Kier molecular flexibility index (Phi) is 2.89. The Morgan fingerprint density at radius 1 is 1.55 bits per heavy atom. The molecule has 6 nitrogen and oxygen atoms in total. The smallest absolute Gasteiger partial charge is 0.307 e. The number of methoxy groups -OCH3 is 1. The summed E-state index contributed by atoms with van der Waals surface area (Å²) in [6.45, 7) is 0. The van der Waals surface area contributed by atoms with Gasteiger partial charge in [-0.25, -0.2) is 4.39 Å². The van der Waals surface area contributed by atoms with Crippen LogP contribution in [-0.4, -0.2) is 28.3 Å². The van der Waals surface area contributed by atoms with Gasteiger partial charge >= 0.3 is 5.97 Å². The first kappa shape index (κ1) is 12.6. The highest BCUT2D eigenvalue weighted by Crippen LogP contribution is 2.47. The van der Waals surface area contributed by atoms with Gasteiger partial charge in [0.2, 0.25) is 11.7 Å². The number of carboxylic acid groups (broad SMARTS) is 1. The Morgan fingerprint density at radius 2 is 2.35 bits per heavy atom. The molecule has 1 N–H and O–H groups in total. The van der Waals surface area contributed by atoms with Crippen molar-refractivity contribution >= 4 is 5.97 Å². The summed E-state index contributed by atoms with van der Waals surface area (Å²) in [5.74, 6) is -1.35. The highest BCUT2D eigenvalue weighted by atomic mass is 19.1. The monoisotopic (exact) mass is 278 g/mol. The van der Waals surface area contributed by atoms with Crippen LogP contribution in [0.5, 0.6) is 5.75 Å². The zero-order valence-corrected chi connectivity index (χ0v) is 10.5. The fraction of sp³-hybridized carbons (Fsp3) is 0.308. The van der Waals surface area contributed by atoms with Crippen LogP contribution in [0.2, 0.25) is 0 Å². The molecule has 1 aliphatic rings. The van der Waals surface area contributed by atoms with Gasteiger partial charge in [0.1, 0.15) is 0 Å². The summed E-state index contributed by atoms with van der Waals surface area (Å²) in [7, 11) is 1.37. The normalized spacial score (nSPS) is 20.7. The molecule has 1 aliphatic carbocycles. The van der Waals surface area contributed by atoms with Gasteiger partial charge in [0.25, 0.3) is 0 Å². The van der Waals surface area contributed by atoms with E-state index in [2.05, 4.69) is 10.1 Å². The predicted octanol–water partition coefficient (Wildman–Crippen LogP) is 2.07. The van der Waals surface area contributed by atoms with E-state index < -0.39 is 17.7 Å². The minimum absolute atomic E-state index is 0.0867. The average Bonchev–Trinajstić information content (AvgIpc) is 3.10. The van der Waals surface area contributed by atoms with Crippen LogP contribution in [-0.2, 0) is 4.79 Å². The molecule has 1 heterocycles. The van der Waals surface area contributed by atoms with Gasteiger partial charge in [0, 0.05) is 5.56 Å². The van der Waals surface area contributed by atoms with Crippen LogP contribution in [0.25, 0.3) is 11.4 Å². The number of hydrogen-bond donors (Lipinski definition) is 1. The van der Waals surface area contributed by atoms with E-state index in [1.807, 2.05) is 0 Å². The van der Waals surface area contributed by atoms with Crippen LogP contribution < -0.4 is 4.74 Å². The van der Waals surface area contributed by atoms with E-state index in [9.17, 15) is 9.18 Å². The summed E-state index contributed by atoms with van der Waals surface area (Å²) in [5.41, 5.74) is 0.547. The third-order valence-corrected chi connectivity index (χ3v) is 3.28. The molecule has 0 saturated heterocycles. The Morgan fingerprint density at radius 3 is 3.00 bits per heavy atom. The molecule has 0 aliphatic heterocycles. The molecule has 0 radical (unpaired) electrons. The molecular formula is C13H11FN2O4. The summed E-state index contributed by atoms with van der Waals surface area (Å²) in [5, 5.41) is 12.6. The molecule has 20 heavy (non-hydrogen) atoms. The van der Waals surface area contributed by atoms with E-state index in [4.69, 9.17) is 14.4 Å². The van der Waals surface area contributed by atoms with E-state index >= 15 is 0 Å². The van der Waals surface area contributed by atoms with E-state index in [1.165, 1.54) is 25.3 Å². The first-order valence-corrected chi connectivity index (χ1v) is 6.00. The lowest BCUT2D eigenvalue weighted by molar-refractivity contribution is -0.138. The number of ether oxygens (including phenoxy) is 1. The van der Waals surface area contributed by atoms with Gasteiger partial charge in [0.05, 0.1) is 18.9 Å². The zero-order chi connectivity index (χ0) is 14.3. The Labute approximate surface area is 113 Å². The predicted molar refractivity (Wildman–Crippen MR) is 64.7 cm³/mol. The SMILES string of the molecule is COc1cc(-c2noc(C3CC3C(=O)O)n2)ccc1F. The molecule has 3 rings (SSSR count). The highest BCUT2D eigenvalue weighted by Gasteiger charge is 2.48. The van der Waals surface area contributed by atoms with Crippen LogP contribution in [0.3, 0.4) is 0 Å². The van der Waals surface area contributed by atoms with Crippen molar-refractivity contribution in [2.24, 2.45) is 5.92 Å². The van der Waals surface area contributed by atoms with Crippen LogP contribution in [0.1, 0.15) is 18.2 Å². The standard InChI is InChI=1S/C13H11FN2O4/c1-19-10-4-6(2-3-9(10)14)11-15-12(20-16-11)7-5-8(7)13(17)18/h2-4,7-8H,5H2,1H3,(H,17,18). The maximum absolute atomic E-state index is 13.3. The number of nitrogens with zero attached hydrogens (tertiary/aromatic N) is 2. The van der Waals surface area contributed by atoms with Crippen molar-refractivity contribution in [2.75, 3.05) is 7.11 Å². The van der Waals surface area contributed by atoms with Gasteiger partial charge in [-0.1, -0.05) is 5.16 Å². The summed E-state index contributed by atoms with van der Waals surface area (Å²) >= 11 is 0. The topological polar surface area (TPSA) is 85.5 Å². The van der Waals surface area contributed by atoms with Gasteiger partial charge in [-0.3, -0.25) is 4.79 Å². The lowest BCUT2D eigenvalue weighted by Gasteiger charge is -2.02. The van der Waals surface area contributed by atoms with Crippen molar-refractivity contribution in [1.82, 2.24) is 10.1 Å². The second-order valence-corrected chi connectivity index (χ2v) is 4.59. The van der Waals surface area contributed by atoms with Crippen LogP contribution in [0.4, 0.5) is 4.39 Å². The first-order chi connectivity index (χ1) is 9.60. The summed E-state index contributed by atoms with van der Waals surface area (Å²) in [4.78, 5) is 15.0. The number of hydrogen-bond acceptors (Lipinski definition) is 5. The molecule has 0 amide bonds. The quantitative estimate of drug-likeness (QED) is 0.921. The van der Waals surface area contributed by atoms with E-state index in [-0.39, 0.29) is 17.5 Å². The lowest BCUT2D eigenvalue weighted by Crippen LogP contribution is -1.98. The second-order valence-electron chi connectivity index (χ2n) is 4.59. The molecule has 104 valence electrons. The third kappa shape index (κ3) is 2.11. The fourth-order valence-electron chi connectivity index (χ4n) is 2.04. The van der Waals surface area contributed by atoms with E-state index in [0.29, 0.717) is 17.9 Å². The maximum Gasteiger partial charge on any atom is 0.307 e. The molecule has 1 fully saturated rings. The van der Waals surface area contributed by atoms with Gasteiger partial charge in [-0.15, -0.1) is 0 Å². The molecule has 2 atom stereocenters. The summed E-state index contributed by atoms with van der Waals surface area (Å²) in [6, 6.07) is 4.22. The summed E-state index contributed by atoms with van der Waals surface area (Å²) < 4.78 is 23.3. The van der Waals surface area contributed by atoms with Gasteiger partial charge in [-0.05, 0) is 24.6 Å². The number of aromatic nitrogens is 2. The number of aliphatic carboxylic acids is 1. The van der Waals surface area contributed by atoms with Crippen molar-refractivity contribution in [2.45, 2.75) is 12.3 Å². The van der Waals surface area contributed by atoms with E-state index in [1.54, 1.807) is 0 Å². The molecule has 1 aromatic heterocycles. The molecular weight excluding hydrogens is 267 g/mol. The number of carbonyl (C=O) groups is 1. The molecule has 7 heteroatoms. The molecule has 2 aromatic rings. The van der Waals surface area contributed by atoms with Crippen LogP contribution in [0.15, 0.2) is 22.7 Å². The fourth-order valence-corrected chi connectivity index (χ4v) is 2.04. The van der Waals surface area contributed by atoms with Crippen molar-refractivity contribution in [3.05, 3.63) is 29.9 Å². The van der Waals surface area contributed by atoms with Crippen LogP contribution in [0, 0.1) is 11.7 Å². The maximum atomic E-state index is 13.3. The number of benzene rings is 1. The van der Waals surface area contributed by atoms with Crippen LogP contribution >= 0.6 is 0 Å². The molecule has 1 saturated carbocycles. The molecule has 0 spiro atoms. The highest BCUT2D eigenvalue weighted by molar-refractivity contribution is 5.74. The second kappa shape index (κ2) is 4.59. The van der Waals surface area contributed by atoms with Crippen molar-refractivity contribution in [3.63, 3.8) is 0 Å². The lowest BCUT2D eigenvalue weighted by atomic mass is 10.2. The molecule has 2 unspecified atom stereocenters. The first-order valence-electron chi connectivity index (χ1n) is 6.00. The molecule has 1 aromatic carbocycles. The van der Waals surface area contributed by atoms with Gasteiger partial charge in [-0.2, -0.15) is 4.98 Å². The van der Waals surface area contributed by atoms with Gasteiger partial charge in [0.15, 0.2) is 11.6 Å².